The van der Waals surface area contributed by atoms with Crippen LogP contribution in [0.1, 0.15) is 16.1 Å². The normalized spacial score (nSPS) is 10.9. The Morgan fingerprint density at radius 2 is 1.78 bits per heavy atom. The second kappa shape index (κ2) is 8.03. The number of aromatic nitrogens is 5. The van der Waals surface area contributed by atoms with Crippen LogP contribution in [0.25, 0.3) is 44.8 Å². The Hall–Kier alpha value is -4.39. The molecule has 0 unspecified atom stereocenters. The molecule has 0 saturated carbocycles. The Bertz CT molecular complexity index is 1460. The fraction of sp³-hybridized carbons (Fsp3) is 0.0800. The number of hydrogen-bond acceptors (Lipinski definition) is 6. The summed E-state index contributed by atoms with van der Waals surface area (Å²) >= 11 is 0. The van der Waals surface area contributed by atoms with Gasteiger partial charge >= 0.3 is 5.97 Å². The number of methoxy groups -OCH3 is 1. The van der Waals surface area contributed by atoms with Crippen LogP contribution in [0.3, 0.4) is 0 Å². The van der Waals surface area contributed by atoms with Gasteiger partial charge in [0.05, 0.1) is 35.1 Å². The summed E-state index contributed by atoms with van der Waals surface area (Å²) in [7, 11) is 1.37. The van der Waals surface area contributed by atoms with Crippen molar-refractivity contribution in [2.45, 2.75) is 6.92 Å². The number of rotatable bonds is 4. The van der Waals surface area contributed by atoms with E-state index >= 15 is 0 Å². The minimum atomic E-state index is -0.377. The molecule has 0 spiro atoms. The van der Waals surface area contributed by atoms with Crippen LogP contribution >= 0.6 is 0 Å². The molecule has 0 saturated heterocycles. The summed E-state index contributed by atoms with van der Waals surface area (Å²) in [4.78, 5) is 25.9. The van der Waals surface area contributed by atoms with Crippen molar-refractivity contribution < 1.29 is 9.53 Å². The molecule has 5 aromatic rings. The van der Waals surface area contributed by atoms with Gasteiger partial charge < -0.3 is 4.74 Å². The average molecular weight is 421 g/mol. The first-order chi connectivity index (χ1) is 15.6. The van der Waals surface area contributed by atoms with Gasteiger partial charge in [0, 0.05) is 29.2 Å². The van der Waals surface area contributed by atoms with Gasteiger partial charge in [0.15, 0.2) is 0 Å². The molecule has 156 valence electrons. The first-order valence-corrected chi connectivity index (χ1v) is 10.1. The van der Waals surface area contributed by atoms with Crippen molar-refractivity contribution in [3.05, 3.63) is 84.3 Å². The molecule has 0 aliphatic heterocycles. The van der Waals surface area contributed by atoms with E-state index in [0.717, 1.165) is 50.5 Å². The third-order valence-electron chi connectivity index (χ3n) is 5.20. The van der Waals surface area contributed by atoms with Crippen molar-refractivity contribution in [2.24, 2.45) is 0 Å². The maximum atomic E-state index is 11.9. The van der Waals surface area contributed by atoms with Gasteiger partial charge in [-0.3, -0.25) is 15.1 Å². The smallest absolute Gasteiger partial charge is 0.337 e. The molecule has 7 heteroatoms. The van der Waals surface area contributed by atoms with E-state index in [4.69, 9.17) is 9.72 Å². The number of benzene rings is 1. The summed E-state index contributed by atoms with van der Waals surface area (Å²) in [5.41, 5.74) is 7.82. The standard InChI is InChI=1S/C25H19N5O2/c1-15-5-3-8-22(28-15)24-19(14-27-30-24)20-9-10-21-23(29-20)12-18(13-26-21)16-6-4-7-17(11-16)25(31)32-2/h3-14H,1-2H3,(H,27,30). The van der Waals surface area contributed by atoms with Crippen LogP contribution in [0, 0.1) is 6.92 Å². The van der Waals surface area contributed by atoms with Crippen LogP contribution < -0.4 is 0 Å². The third-order valence-corrected chi connectivity index (χ3v) is 5.20. The van der Waals surface area contributed by atoms with Gasteiger partial charge in [-0.1, -0.05) is 18.2 Å². The topological polar surface area (TPSA) is 93.7 Å². The number of esters is 1. The minimum Gasteiger partial charge on any atom is -0.465 e. The number of carbonyl (C=O) groups is 1. The van der Waals surface area contributed by atoms with E-state index in [-0.39, 0.29) is 5.97 Å². The van der Waals surface area contributed by atoms with Crippen LogP contribution in [0.5, 0.6) is 0 Å². The van der Waals surface area contributed by atoms with E-state index < -0.39 is 0 Å². The summed E-state index contributed by atoms with van der Waals surface area (Å²) in [6.45, 7) is 1.95. The number of aromatic amines is 1. The Balaban J connectivity index is 1.57. The lowest BCUT2D eigenvalue weighted by Crippen LogP contribution is -2.00. The molecule has 5 rings (SSSR count). The number of fused-ring (bicyclic) bond motifs is 1. The van der Waals surface area contributed by atoms with Crippen LogP contribution in [-0.2, 0) is 4.74 Å². The summed E-state index contributed by atoms with van der Waals surface area (Å²) < 4.78 is 4.83. The highest BCUT2D eigenvalue weighted by molar-refractivity contribution is 5.91. The summed E-state index contributed by atoms with van der Waals surface area (Å²) in [6, 6.07) is 18.9. The Kier molecular flexibility index (Phi) is 4.91. The SMILES string of the molecule is COC(=O)c1cccc(-c2cnc3ccc(-c4c[nH]nc4-c4cccc(C)n4)nc3c2)c1. The van der Waals surface area contributed by atoms with E-state index in [9.17, 15) is 4.79 Å². The Morgan fingerprint density at radius 3 is 2.62 bits per heavy atom. The number of H-pyrrole nitrogens is 1. The molecule has 32 heavy (non-hydrogen) atoms. The zero-order valence-electron chi connectivity index (χ0n) is 17.5. The molecule has 4 heterocycles. The number of hydrogen-bond donors (Lipinski definition) is 1. The van der Waals surface area contributed by atoms with E-state index in [0.29, 0.717) is 5.56 Å². The highest BCUT2D eigenvalue weighted by Gasteiger charge is 2.14. The lowest BCUT2D eigenvalue weighted by molar-refractivity contribution is 0.0601. The van der Waals surface area contributed by atoms with E-state index in [1.807, 2.05) is 61.7 Å². The second-order valence-corrected chi connectivity index (χ2v) is 7.34. The fourth-order valence-electron chi connectivity index (χ4n) is 3.61. The Morgan fingerprint density at radius 1 is 0.906 bits per heavy atom. The summed E-state index contributed by atoms with van der Waals surface area (Å²) in [6.07, 6.45) is 3.60. The van der Waals surface area contributed by atoms with Crippen molar-refractivity contribution in [3.8, 4) is 33.8 Å². The zero-order valence-corrected chi connectivity index (χ0v) is 17.5. The highest BCUT2D eigenvalue weighted by atomic mass is 16.5. The van der Waals surface area contributed by atoms with Gasteiger partial charge in [0.1, 0.15) is 5.69 Å². The number of nitrogens with zero attached hydrogens (tertiary/aromatic N) is 4. The molecule has 4 aromatic heterocycles. The van der Waals surface area contributed by atoms with Crippen molar-refractivity contribution in [1.29, 1.82) is 0 Å². The predicted octanol–water partition coefficient (Wildman–Crippen LogP) is 4.84. The third kappa shape index (κ3) is 3.60. The van der Waals surface area contributed by atoms with Crippen molar-refractivity contribution >= 4 is 17.0 Å². The average Bonchev–Trinajstić information content (AvgIpc) is 3.33. The van der Waals surface area contributed by atoms with Crippen LogP contribution in [0.15, 0.2) is 73.1 Å². The first-order valence-electron chi connectivity index (χ1n) is 10.1. The maximum Gasteiger partial charge on any atom is 0.337 e. The predicted molar refractivity (Wildman–Crippen MR) is 122 cm³/mol. The van der Waals surface area contributed by atoms with Crippen molar-refractivity contribution in [2.75, 3.05) is 7.11 Å². The monoisotopic (exact) mass is 421 g/mol. The van der Waals surface area contributed by atoms with Gasteiger partial charge in [-0.2, -0.15) is 5.10 Å². The van der Waals surface area contributed by atoms with Gasteiger partial charge in [0.2, 0.25) is 0 Å². The number of carbonyl (C=O) groups excluding carboxylic acids is 1. The fourth-order valence-corrected chi connectivity index (χ4v) is 3.61. The molecule has 0 amide bonds. The maximum absolute atomic E-state index is 11.9. The molecular weight excluding hydrogens is 402 g/mol. The number of pyridine rings is 3. The van der Waals surface area contributed by atoms with Gasteiger partial charge in [-0.15, -0.1) is 0 Å². The molecule has 1 aromatic carbocycles. The second-order valence-electron chi connectivity index (χ2n) is 7.34. The van der Waals surface area contributed by atoms with Gasteiger partial charge in [0.25, 0.3) is 0 Å². The molecule has 0 aliphatic carbocycles. The molecule has 0 radical (unpaired) electrons. The number of aryl methyl sites for hydroxylation is 1. The van der Waals surface area contributed by atoms with E-state index in [1.165, 1.54) is 7.11 Å². The number of nitrogens with one attached hydrogen (secondary N) is 1. The van der Waals surface area contributed by atoms with Crippen LogP contribution in [0.2, 0.25) is 0 Å². The molecule has 0 atom stereocenters. The minimum absolute atomic E-state index is 0.377. The van der Waals surface area contributed by atoms with Crippen LogP contribution in [0.4, 0.5) is 0 Å². The summed E-state index contributed by atoms with van der Waals surface area (Å²) in [5, 5.41) is 7.33. The lowest BCUT2D eigenvalue weighted by atomic mass is 10.0. The van der Waals surface area contributed by atoms with Crippen molar-refractivity contribution in [1.82, 2.24) is 25.1 Å². The lowest BCUT2D eigenvalue weighted by Gasteiger charge is -2.07. The molecular formula is C25H19N5O2. The summed E-state index contributed by atoms with van der Waals surface area (Å²) in [5.74, 6) is -0.377. The number of ether oxygens (including phenoxy) is 1. The van der Waals surface area contributed by atoms with E-state index in [1.54, 1.807) is 18.3 Å². The molecule has 7 nitrogen and oxygen atoms in total. The Labute approximate surface area is 184 Å². The van der Waals surface area contributed by atoms with Gasteiger partial charge in [-0.05, 0) is 55.0 Å². The molecule has 1 N–H and O–H groups in total. The molecule has 0 fully saturated rings. The van der Waals surface area contributed by atoms with E-state index in [2.05, 4.69) is 20.2 Å². The van der Waals surface area contributed by atoms with Gasteiger partial charge in [-0.25, -0.2) is 9.78 Å². The highest BCUT2D eigenvalue weighted by Crippen LogP contribution is 2.30. The quantitative estimate of drug-likeness (QED) is 0.417. The van der Waals surface area contributed by atoms with Crippen molar-refractivity contribution in [3.63, 3.8) is 0 Å². The first kappa shape index (κ1) is 19.6. The molecule has 0 aliphatic rings. The van der Waals surface area contributed by atoms with Crippen LogP contribution in [-0.4, -0.2) is 38.2 Å². The zero-order chi connectivity index (χ0) is 22.1. The molecule has 0 bridgehead atoms. The largest absolute Gasteiger partial charge is 0.465 e.